The average molecular weight is 361 g/mol. The third-order valence-corrected chi connectivity index (χ3v) is 4.67. The van der Waals surface area contributed by atoms with Crippen molar-refractivity contribution >= 4 is 17.8 Å². The molecule has 1 saturated heterocycles. The Balaban J connectivity index is 1.87. The Morgan fingerprint density at radius 3 is 2.35 bits per heavy atom. The van der Waals surface area contributed by atoms with Crippen molar-refractivity contribution in [2.75, 3.05) is 27.2 Å². The van der Waals surface area contributed by atoms with E-state index in [1.54, 1.807) is 20.9 Å². The van der Waals surface area contributed by atoms with E-state index in [-0.39, 0.29) is 30.3 Å². The maximum absolute atomic E-state index is 12.5. The lowest BCUT2D eigenvalue weighted by atomic mass is 10.0. The summed E-state index contributed by atoms with van der Waals surface area (Å²) in [5, 5.41) is 9.30. The van der Waals surface area contributed by atoms with Gasteiger partial charge in [-0.1, -0.05) is 44.2 Å². The fourth-order valence-electron chi connectivity index (χ4n) is 3.10. The SMILES string of the molecule is CC(C)C(C(=O)O)N(C)C(=O)CN(C)C(=O)C1CN1Cc1ccccc1. The Hall–Kier alpha value is -2.41. The van der Waals surface area contributed by atoms with Gasteiger partial charge in [-0.25, -0.2) is 4.79 Å². The van der Waals surface area contributed by atoms with Crippen LogP contribution in [0.5, 0.6) is 0 Å². The second-order valence-corrected chi connectivity index (χ2v) is 7.16. The molecule has 0 spiro atoms. The predicted octanol–water partition coefficient (Wildman–Crippen LogP) is 0.897. The smallest absolute Gasteiger partial charge is 0.326 e. The topological polar surface area (TPSA) is 80.9 Å². The van der Waals surface area contributed by atoms with Gasteiger partial charge in [-0.2, -0.15) is 0 Å². The molecule has 2 rings (SSSR count). The van der Waals surface area contributed by atoms with Crippen molar-refractivity contribution in [2.45, 2.75) is 32.5 Å². The molecule has 0 aromatic heterocycles. The summed E-state index contributed by atoms with van der Waals surface area (Å²) in [6.07, 6.45) is 0. The summed E-state index contributed by atoms with van der Waals surface area (Å²) >= 11 is 0. The van der Waals surface area contributed by atoms with E-state index in [4.69, 9.17) is 0 Å². The number of rotatable bonds is 8. The molecular formula is C19H27N3O4. The van der Waals surface area contributed by atoms with Crippen molar-refractivity contribution < 1.29 is 19.5 Å². The summed E-state index contributed by atoms with van der Waals surface area (Å²) in [7, 11) is 3.05. The first-order valence-electron chi connectivity index (χ1n) is 8.73. The van der Waals surface area contributed by atoms with Crippen molar-refractivity contribution in [3.8, 4) is 0 Å². The molecule has 1 aromatic carbocycles. The highest BCUT2D eigenvalue weighted by atomic mass is 16.4. The third kappa shape index (κ3) is 4.82. The van der Waals surface area contributed by atoms with E-state index in [1.165, 1.54) is 16.8 Å². The zero-order chi connectivity index (χ0) is 19.4. The fraction of sp³-hybridized carbons (Fsp3) is 0.526. The van der Waals surface area contributed by atoms with Crippen molar-refractivity contribution in [1.29, 1.82) is 0 Å². The van der Waals surface area contributed by atoms with E-state index in [2.05, 4.69) is 0 Å². The van der Waals surface area contributed by atoms with Crippen LogP contribution in [-0.4, -0.2) is 76.9 Å². The number of carbonyl (C=O) groups excluding carboxylic acids is 2. The quantitative estimate of drug-likeness (QED) is 0.696. The molecule has 1 aromatic rings. The van der Waals surface area contributed by atoms with E-state index in [0.717, 1.165) is 5.56 Å². The number of carboxylic acid groups (broad SMARTS) is 1. The molecule has 1 fully saturated rings. The number of nitrogens with zero attached hydrogens (tertiary/aromatic N) is 3. The summed E-state index contributed by atoms with van der Waals surface area (Å²) in [6.45, 7) is 4.76. The monoisotopic (exact) mass is 361 g/mol. The minimum atomic E-state index is -1.04. The Morgan fingerprint density at radius 1 is 1.19 bits per heavy atom. The van der Waals surface area contributed by atoms with Gasteiger partial charge in [-0.05, 0) is 11.5 Å². The molecule has 0 bridgehead atoms. The van der Waals surface area contributed by atoms with Crippen LogP contribution in [0, 0.1) is 5.92 Å². The Morgan fingerprint density at radius 2 is 1.81 bits per heavy atom. The number of carbonyl (C=O) groups is 3. The minimum Gasteiger partial charge on any atom is -0.480 e. The maximum Gasteiger partial charge on any atom is 0.326 e. The molecule has 142 valence electrons. The fourth-order valence-corrected chi connectivity index (χ4v) is 3.10. The zero-order valence-corrected chi connectivity index (χ0v) is 15.8. The van der Waals surface area contributed by atoms with Gasteiger partial charge < -0.3 is 14.9 Å². The summed E-state index contributed by atoms with van der Waals surface area (Å²) < 4.78 is 0. The molecule has 0 aliphatic carbocycles. The van der Waals surface area contributed by atoms with Crippen LogP contribution in [0.25, 0.3) is 0 Å². The van der Waals surface area contributed by atoms with Gasteiger partial charge in [0.05, 0.1) is 6.54 Å². The van der Waals surface area contributed by atoms with Crippen LogP contribution in [0.4, 0.5) is 0 Å². The molecule has 1 aliphatic heterocycles. The van der Waals surface area contributed by atoms with Gasteiger partial charge in [0.2, 0.25) is 11.8 Å². The number of carboxylic acids is 1. The number of hydrogen-bond acceptors (Lipinski definition) is 4. The maximum atomic E-state index is 12.5. The molecule has 3 unspecified atom stereocenters. The van der Waals surface area contributed by atoms with E-state index in [9.17, 15) is 19.5 Å². The molecule has 26 heavy (non-hydrogen) atoms. The van der Waals surface area contributed by atoms with Crippen molar-refractivity contribution in [1.82, 2.24) is 14.7 Å². The molecule has 2 amide bonds. The second-order valence-electron chi connectivity index (χ2n) is 7.16. The number of hydrogen-bond donors (Lipinski definition) is 1. The molecule has 0 saturated carbocycles. The van der Waals surface area contributed by atoms with E-state index in [1.807, 2.05) is 35.2 Å². The van der Waals surface area contributed by atoms with Crippen LogP contribution >= 0.6 is 0 Å². The van der Waals surface area contributed by atoms with E-state index >= 15 is 0 Å². The standard InChI is InChI=1S/C19H27N3O4/c1-13(2)17(19(25)26)21(4)16(23)12-20(3)18(24)15-11-22(15)10-14-8-6-5-7-9-14/h5-9,13,15,17H,10-12H2,1-4H3,(H,25,26). The lowest BCUT2D eigenvalue weighted by Gasteiger charge is -2.29. The van der Waals surface area contributed by atoms with Gasteiger partial charge in [-0.3, -0.25) is 14.5 Å². The lowest BCUT2D eigenvalue weighted by molar-refractivity contribution is -0.152. The highest BCUT2D eigenvalue weighted by Crippen LogP contribution is 2.22. The zero-order valence-electron chi connectivity index (χ0n) is 15.8. The number of likely N-dealkylation sites (N-methyl/N-ethyl adjacent to an activating group) is 2. The third-order valence-electron chi connectivity index (χ3n) is 4.67. The van der Waals surface area contributed by atoms with Crippen LogP contribution in [0.15, 0.2) is 30.3 Å². The van der Waals surface area contributed by atoms with Crippen LogP contribution in [0.3, 0.4) is 0 Å². The first-order valence-corrected chi connectivity index (χ1v) is 8.73. The van der Waals surface area contributed by atoms with E-state index in [0.29, 0.717) is 13.1 Å². The van der Waals surface area contributed by atoms with Crippen LogP contribution in [0.2, 0.25) is 0 Å². The number of benzene rings is 1. The van der Waals surface area contributed by atoms with E-state index < -0.39 is 12.0 Å². The molecule has 1 heterocycles. The van der Waals surface area contributed by atoms with Gasteiger partial charge in [0, 0.05) is 27.2 Å². The largest absolute Gasteiger partial charge is 0.480 e. The lowest BCUT2D eigenvalue weighted by Crippen LogP contribution is -2.49. The van der Waals surface area contributed by atoms with Crippen LogP contribution < -0.4 is 0 Å². The van der Waals surface area contributed by atoms with Crippen molar-refractivity contribution in [2.24, 2.45) is 5.92 Å². The van der Waals surface area contributed by atoms with Crippen molar-refractivity contribution in [3.05, 3.63) is 35.9 Å². The van der Waals surface area contributed by atoms with Crippen LogP contribution in [-0.2, 0) is 20.9 Å². The summed E-state index contributed by atoms with van der Waals surface area (Å²) in [5.74, 6) is -1.75. The molecule has 7 heteroatoms. The van der Waals surface area contributed by atoms with Gasteiger partial charge in [0.25, 0.3) is 0 Å². The first-order chi connectivity index (χ1) is 12.2. The number of amides is 2. The Bertz CT molecular complexity index is 662. The Labute approximate surface area is 154 Å². The van der Waals surface area contributed by atoms with Gasteiger partial charge in [0.15, 0.2) is 0 Å². The van der Waals surface area contributed by atoms with Crippen LogP contribution in [0.1, 0.15) is 19.4 Å². The van der Waals surface area contributed by atoms with Gasteiger partial charge in [0.1, 0.15) is 12.1 Å². The summed E-state index contributed by atoms with van der Waals surface area (Å²) in [4.78, 5) is 40.9. The first kappa shape index (κ1) is 19.9. The molecule has 1 N–H and O–H groups in total. The van der Waals surface area contributed by atoms with Crippen molar-refractivity contribution in [3.63, 3.8) is 0 Å². The van der Waals surface area contributed by atoms with Gasteiger partial charge in [-0.15, -0.1) is 0 Å². The minimum absolute atomic E-state index is 0.112. The number of aliphatic carboxylic acids is 1. The molecule has 3 atom stereocenters. The molecule has 1 aliphatic rings. The Kier molecular flexibility index (Phi) is 6.37. The predicted molar refractivity (Wildman–Crippen MR) is 97.3 cm³/mol. The summed E-state index contributed by atoms with van der Waals surface area (Å²) in [5.41, 5.74) is 1.14. The highest BCUT2D eigenvalue weighted by Gasteiger charge is 2.42. The van der Waals surface area contributed by atoms with Gasteiger partial charge >= 0.3 is 5.97 Å². The molecular weight excluding hydrogens is 334 g/mol. The highest BCUT2D eigenvalue weighted by molar-refractivity contribution is 5.90. The molecule has 0 radical (unpaired) electrons. The second kappa shape index (κ2) is 8.31. The normalized spacial score (nSPS) is 19.7. The summed E-state index contributed by atoms with van der Waals surface area (Å²) in [6, 6.07) is 8.79. The molecule has 7 nitrogen and oxygen atoms in total. The average Bonchev–Trinajstić information content (AvgIpc) is 3.33.